The number of hydrogen-bond acceptors (Lipinski definition) is 6. The highest BCUT2D eigenvalue weighted by atomic mass is 15.4. The van der Waals surface area contributed by atoms with Gasteiger partial charge in [-0.1, -0.05) is 42.5 Å². The average molecular weight is 420 g/mol. The first-order valence-corrected chi connectivity index (χ1v) is 10.7. The molecule has 7 heteroatoms. The number of pyridine rings is 1. The van der Waals surface area contributed by atoms with E-state index in [-0.39, 0.29) is 6.04 Å². The number of hydrazine groups is 1. The Morgan fingerprint density at radius 2 is 1.94 bits per heavy atom. The van der Waals surface area contributed by atoms with Gasteiger partial charge in [-0.3, -0.25) is 25.7 Å². The summed E-state index contributed by atoms with van der Waals surface area (Å²) in [7, 11) is 1.80. The Morgan fingerprint density at radius 3 is 2.55 bits per heavy atom. The summed E-state index contributed by atoms with van der Waals surface area (Å²) in [6, 6.07) is 14.7. The van der Waals surface area contributed by atoms with Crippen molar-refractivity contribution in [3.8, 4) is 0 Å². The lowest BCUT2D eigenvalue weighted by atomic mass is 10.0. The number of aliphatic imine (C=N–C) groups is 2. The van der Waals surface area contributed by atoms with Crippen LogP contribution >= 0.6 is 0 Å². The summed E-state index contributed by atoms with van der Waals surface area (Å²) in [6.07, 6.45) is 5.11. The first-order chi connectivity index (χ1) is 15.1. The van der Waals surface area contributed by atoms with Gasteiger partial charge < -0.3 is 4.90 Å². The number of nitrogens with two attached hydrogens (primary N) is 1. The minimum absolute atomic E-state index is 0.0794. The van der Waals surface area contributed by atoms with E-state index >= 15 is 0 Å². The Hall–Kier alpha value is -2.87. The molecule has 0 spiro atoms. The lowest BCUT2D eigenvalue weighted by Gasteiger charge is -2.39. The second kappa shape index (κ2) is 11.5. The van der Waals surface area contributed by atoms with Crippen LogP contribution in [0, 0.1) is 6.92 Å². The van der Waals surface area contributed by atoms with Crippen molar-refractivity contribution >= 4 is 12.1 Å². The fourth-order valence-electron chi connectivity index (χ4n) is 3.78. The smallest absolute Gasteiger partial charge is 0.142 e. The fraction of sp³-hybridized carbons (Fsp3) is 0.375. The molecule has 0 aliphatic carbocycles. The van der Waals surface area contributed by atoms with Crippen molar-refractivity contribution in [2.24, 2.45) is 15.8 Å². The molecule has 1 saturated heterocycles. The van der Waals surface area contributed by atoms with Gasteiger partial charge >= 0.3 is 0 Å². The summed E-state index contributed by atoms with van der Waals surface area (Å²) >= 11 is 0. The molecule has 0 saturated carbocycles. The highest BCUT2D eigenvalue weighted by molar-refractivity contribution is 6.29. The Labute approximate surface area is 185 Å². The molecule has 0 bridgehead atoms. The monoisotopic (exact) mass is 419 g/mol. The van der Waals surface area contributed by atoms with E-state index in [1.807, 2.05) is 29.4 Å². The van der Waals surface area contributed by atoms with Gasteiger partial charge in [-0.25, -0.2) is 5.01 Å². The summed E-state index contributed by atoms with van der Waals surface area (Å²) in [6.45, 7) is 10.9. The third-order valence-electron chi connectivity index (χ3n) is 5.59. The molecule has 2 heterocycles. The molecular formula is C24H33N7. The average Bonchev–Trinajstić information content (AvgIpc) is 2.80. The van der Waals surface area contributed by atoms with Crippen molar-refractivity contribution in [1.82, 2.24) is 19.8 Å². The van der Waals surface area contributed by atoms with Crippen LogP contribution in [-0.2, 0) is 6.54 Å². The number of nitrogens with zero attached hydrogens (tertiary/aromatic N) is 6. The topological polar surface area (TPSA) is 73.4 Å². The van der Waals surface area contributed by atoms with Crippen molar-refractivity contribution in [2.75, 3.05) is 39.8 Å². The molecular weight excluding hydrogens is 386 g/mol. The van der Waals surface area contributed by atoms with Crippen LogP contribution in [-0.4, -0.2) is 71.6 Å². The van der Waals surface area contributed by atoms with Crippen LogP contribution in [0.5, 0.6) is 0 Å². The standard InChI is InChI=1S/C24H33N7/c1-4-27-17-24(26-3)30-15-13-29(14-16-30)19-23(21-10-8-20(2)9-11-21)31(25)18-22-7-5-6-12-28-22/h4-12,17,23H,1,13-16,18-19,25H2,2-3H3. The summed E-state index contributed by atoms with van der Waals surface area (Å²) in [5.74, 6) is 7.49. The molecule has 1 unspecified atom stereocenters. The Balaban J connectivity index is 1.68. The van der Waals surface area contributed by atoms with E-state index in [1.165, 1.54) is 17.3 Å². The molecule has 2 N–H and O–H groups in total. The highest BCUT2D eigenvalue weighted by Gasteiger charge is 2.25. The molecule has 1 aliphatic rings. The van der Waals surface area contributed by atoms with Crippen LogP contribution in [0.15, 0.2) is 71.4 Å². The third kappa shape index (κ3) is 6.55. The number of benzene rings is 1. The lowest BCUT2D eigenvalue weighted by molar-refractivity contribution is 0.106. The van der Waals surface area contributed by atoms with Crippen LogP contribution in [0.25, 0.3) is 0 Å². The van der Waals surface area contributed by atoms with Crippen LogP contribution < -0.4 is 5.84 Å². The predicted octanol–water partition coefficient (Wildman–Crippen LogP) is 2.67. The van der Waals surface area contributed by atoms with Gasteiger partial charge in [-0.05, 0) is 24.6 Å². The van der Waals surface area contributed by atoms with Gasteiger partial charge in [0.15, 0.2) is 0 Å². The van der Waals surface area contributed by atoms with E-state index in [9.17, 15) is 0 Å². The van der Waals surface area contributed by atoms with E-state index < -0.39 is 0 Å². The van der Waals surface area contributed by atoms with E-state index in [2.05, 4.69) is 62.5 Å². The van der Waals surface area contributed by atoms with Crippen LogP contribution in [0.3, 0.4) is 0 Å². The summed E-state index contributed by atoms with van der Waals surface area (Å²) in [5, 5.41) is 1.91. The minimum atomic E-state index is 0.0794. The van der Waals surface area contributed by atoms with Gasteiger partial charge in [-0.2, -0.15) is 0 Å². The number of aryl methyl sites for hydroxylation is 1. The van der Waals surface area contributed by atoms with E-state index in [4.69, 9.17) is 5.84 Å². The maximum atomic E-state index is 6.60. The zero-order chi connectivity index (χ0) is 22.1. The maximum absolute atomic E-state index is 6.60. The Kier molecular flexibility index (Phi) is 8.46. The number of piperazine rings is 1. The second-order valence-electron chi connectivity index (χ2n) is 7.75. The number of amidine groups is 1. The molecule has 7 nitrogen and oxygen atoms in total. The quantitative estimate of drug-likeness (QED) is 0.308. The predicted molar refractivity (Wildman–Crippen MR) is 128 cm³/mol. The van der Waals surface area contributed by atoms with Crippen molar-refractivity contribution in [3.63, 3.8) is 0 Å². The van der Waals surface area contributed by atoms with Crippen LogP contribution in [0.4, 0.5) is 0 Å². The fourth-order valence-corrected chi connectivity index (χ4v) is 3.78. The molecule has 1 aromatic carbocycles. The van der Waals surface area contributed by atoms with Crippen molar-refractivity contribution < 1.29 is 0 Å². The van der Waals surface area contributed by atoms with E-state index in [1.54, 1.807) is 13.3 Å². The SMILES string of the molecule is C=CN=CC(=NC)N1CCN(CC(c2ccc(C)cc2)N(N)Cc2ccccn2)CC1. The van der Waals surface area contributed by atoms with Crippen LogP contribution in [0.1, 0.15) is 22.9 Å². The Bertz CT molecular complexity index is 869. The molecule has 1 fully saturated rings. The molecule has 1 aromatic heterocycles. The number of hydrogen-bond donors (Lipinski definition) is 1. The van der Waals surface area contributed by atoms with Crippen molar-refractivity contribution in [3.05, 3.63) is 78.3 Å². The molecule has 164 valence electrons. The zero-order valence-corrected chi connectivity index (χ0v) is 18.6. The highest BCUT2D eigenvalue weighted by Crippen LogP contribution is 2.22. The van der Waals surface area contributed by atoms with Gasteiger partial charge in [0.2, 0.25) is 0 Å². The maximum Gasteiger partial charge on any atom is 0.142 e. The first kappa shape index (κ1) is 22.8. The lowest BCUT2D eigenvalue weighted by Crippen LogP contribution is -2.51. The largest absolute Gasteiger partial charge is 0.353 e. The zero-order valence-electron chi connectivity index (χ0n) is 18.6. The van der Waals surface area contributed by atoms with E-state index in [0.29, 0.717) is 6.54 Å². The summed E-state index contributed by atoms with van der Waals surface area (Å²) in [5.41, 5.74) is 3.44. The summed E-state index contributed by atoms with van der Waals surface area (Å²) in [4.78, 5) is 17.7. The number of rotatable bonds is 8. The van der Waals surface area contributed by atoms with Gasteiger partial charge in [0.05, 0.1) is 24.5 Å². The molecule has 0 radical (unpaired) electrons. The Morgan fingerprint density at radius 1 is 1.19 bits per heavy atom. The normalized spacial score (nSPS) is 16.8. The van der Waals surface area contributed by atoms with E-state index in [0.717, 1.165) is 44.3 Å². The molecule has 31 heavy (non-hydrogen) atoms. The molecule has 1 atom stereocenters. The molecule has 2 aromatic rings. The van der Waals surface area contributed by atoms with Gasteiger partial charge in [0.25, 0.3) is 0 Å². The van der Waals surface area contributed by atoms with Crippen molar-refractivity contribution in [1.29, 1.82) is 0 Å². The van der Waals surface area contributed by atoms with Gasteiger partial charge in [-0.15, -0.1) is 0 Å². The third-order valence-corrected chi connectivity index (χ3v) is 5.59. The molecule has 3 rings (SSSR count). The molecule has 0 amide bonds. The first-order valence-electron chi connectivity index (χ1n) is 10.7. The minimum Gasteiger partial charge on any atom is -0.353 e. The van der Waals surface area contributed by atoms with Crippen molar-refractivity contribution in [2.45, 2.75) is 19.5 Å². The molecule has 1 aliphatic heterocycles. The summed E-state index contributed by atoms with van der Waals surface area (Å²) < 4.78 is 0. The van der Waals surface area contributed by atoms with Gasteiger partial charge in [0, 0.05) is 52.2 Å². The number of aromatic nitrogens is 1. The second-order valence-corrected chi connectivity index (χ2v) is 7.75. The van der Waals surface area contributed by atoms with Crippen LogP contribution in [0.2, 0.25) is 0 Å². The van der Waals surface area contributed by atoms with Gasteiger partial charge in [0.1, 0.15) is 5.84 Å².